The van der Waals surface area contributed by atoms with Gasteiger partial charge < -0.3 is 5.11 Å². The van der Waals surface area contributed by atoms with E-state index in [9.17, 15) is 5.11 Å². The molecule has 0 bridgehead atoms. The summed E-state index contributed by atoms with van der Waals surface area (Å²) in [4.78, 5) is 0. The molecule has 0 saturated carbocycles. The second kappa shape index (κ2) is 6.05. The first-order valence-corrected chi connectivity index (χ1v) is 5.56. The largest absolute Gasteiger partial charge is 0.388 e. The van der Waals surface area contributed by atoms with Crippen LogP contribution in [0.3, 0.4) is 0 Å². The average Bonchev–Trinajstić information content (AvgIpc) is 2.18. The van der Waals surface area contributed by atoms with Gasteiger partial charge in [0.15, 0.2) is 0 Å². The third-order valence-corrected chi connectivity index (χ3v) is 2.69. The minimum absolute atomic E-state index is 0.407. The fourth-order valence-corrected chi connectivity index (χ4v) is 1.75. The summed E-state index contributed by atoms with van der Waals surface area (Å²) in [6, 6.07) is 7.49. The summed E-state index contributed by atoms with van der Waals surface area (Å²) in [5.41, 5.74) is 0.852. The van der Waals surface area contributed by atoms with Gasteiger partial charge in [-0.15, -0.1) is 0 Å². The summed E-state index contributed by atoms with van der Waals surface area (Å²) < 4.78 is 0. The van der Waals surface area contributed by atoms with E-state index in [4.69, 9.17) is 11.6 Å². The van der Waals surface area contributed by atoms with Crippen LogP contribution in [0.2, 0.25) is 5.02 Å². The monoisotopic (exact) mass is 212 g/mol. The van der Waals surface area contributed by atoms with Crippen molar-refractivity contribution in [1.82, 2.24) is 0 Å². The predicted octanol–water partition coefficient (Wildman–Crippen LogP) is 3.95. The summed E-state index contributed by atoms with van der Waals surface area (Å²) in [5.74, 6) is 0. The lowest BCUT2D eigenvalue weighted by atomic mass is 10.0. The fourth-order valence-electron chi connectivity index (χ4n) is 1.49. The highest BCUT2D eigenvalue weighted by atomic mass is 35.5. The van der Waals surface area contributed by atoms with Crippen LogP contribution in [0.15, 0.2) is 24.3 Å². The van der Waals surface area contributed by atoms with Crippen LogP contribution in [0.4, 0.5) is 0 Å². The lowest BCUT2D eigenvalue weighted by Crippen LogP contribution is -1.97. The Bertz CT molecular complexity index is 273. The quantitative estimate of drug-likeness (QED) is 0.733. The smallest absolute Gasteiger partial charge is 0.0804 e. The van der Waals surface area contributed by atoms with Crippen LogP contribution in [-0.4, -0.2) is 5.11 Å². The molecule has 1 nitrogen and oxygen atoms in total. The van der Waals surface area contributed by atoms with E-state index in [0.717, 1.165) is 18.4 Å². The predicted molar refractivity (Wildman–Crippen MR) is 60.6 cm³/mol. The molecule has 0 unspecified atom stereocenters. The molecule has 0 spiro atoms. The lowest BCUT2D eigenvalue weighted by Gasteiger charge is -2.11. The highest BCUT2D eigenvalue weighted by Gasteiger charge is 2.09. The van der Waals surface area contributed by atoms with Crippen molar-refractivity contribution >= 4 is 11.6 Å². The molecule has 0 aliphatic rings. The number of hydrogen-bond donors (Lipinski definition) is 1. The third-order valence-electron chi connectivity index (χ3n) is 2.35. The molecule has 1 aromatic carbocycles. The van der Waals surface area contributed by atoms with E-state index < -0.39 is 6.10 Å². The number of hydrogen-bond acceptors (Lipinski definition) is 1. The highest BCUT2D eigenvalue weighted by Crippen LogP contribution is 2.26. The Balaban J connectivity index is 2.51. The topological polar surface area (TPSA) is 20.2 Å². The maximum absolute atomic E-state index is 9.84. The zero-order valence-corrected chi connectivity index (χ0v) is 9.30. The van der Waals surface area contributed by atoms with Crippen LogP contribution in [0.1, 0.15) is 44.3 Å². The van der Waals surface area contributed by atoms with Crippen LogP contribution in [0.25, 0.3) is 0 Å². The number of benzene rings is 1. The average molecular weight is 213 g/mol. The normalized spacial score (nSPS) is 12.8. The fraction of sp³-hybridized carbons (Fsp3) is 0.500. The Hall–Kier alpha value is -0.530. The molecule has 1 atom stereocenters. The molecular weight excluding hydrogens is 196 g/mol. The molecule has 0 fully saturated rings. The summed E-state index contributed by atoms with van der Waals surface area (Å²) >= 11 is 5.97. The highest BCUT2D eigenvalue weighted by molar-refractivity contribution is 6.31. The Kier molecular flexibility index (Phi) is 4.99. The molecule has 0 aromatic heterocycles. The number of unbranched alkanes of at least 4 members (excludes halogenated alkanes) is 2. The van der Waals surface area contributed by atoms with Gasteiger partial charge in [-0.1, -0.05) is 56.0 Å². The summed E-state index contributed by atoms with van der Waals surface area (Å²) in [6.07, 6.45) is 3.80. The Morgan fingerprint density at radius 3 is 2.64 bits per heavy atom. The minimum atomic E-state index is -0.407. The molecule has 0 radical (unpaired) electrons. The van der Waals surface area contributed by atoms with E-state index in [1.54, 1.807) is 0 Å². The number of aliphatic hydroxyl groups excluding tert-OH is 1. The second-order valence-corrected chi connectivity index (χ2v) is 3.94. The minimum Gasteiger partial charge on any atom is -0.388 e. The van der Waals surface area contributed by atoms with Gasteiger partial charge in [0.25, 0.3) is 0 Å². The Labute approximate surface area is 90.7 Å². The van der Waals surface area contributed by atoms with Gasteiger partial charge >= 0.3 is 0 Å². The molecule has 2 heteroatoms. The first kappa shape index (κ1) is 11.5. The summed E-state index contributed by atoms with van der Waals surface area (Å²) in [5, 5.41) is 10.5. The Morgan fingerprint density at radius 2 is 2.00 bits per heavy atom. The molecule has 0 saturated heterocycles. The van der Waals surface area contributed by atoms with E-state index in [1.807, 2.05) is 24.3 Å². The van der Waals surface area contributed by atoms with E-state index >= 15 is 0 Å². The van der Waals surface area contributed by atoms with Crippen molar-refractivity contribution in [2.75, 3.05) is 0 Å². The molecule has 1 rings (SSSR count). The summed E-state index contributed by atoms with van der Waals surface area (Å²) in [7, 11) is 0. The standard InChI is InChI=1S/C12H17ClO/c1-2-3-4-9-12(14)10-7-5-6-8-11(10)13/h5-8,12,14H,2-4,9H2,1H3/t12-/m1/s1. The zero-order valence-electron chi connectivity index (χ0n) is 8.54. The molecule has 78 valence electrons. The van der Waals surface area contributed by atoms with Crippen molar-refractivity contribution in [3.8, 4) is 0 Å². The van der Waals surface area contributed by atoms with Gasteiger partial charge in [0.1, 0.15) is 0 Å². The van der Waals surface area contributed by atoms with Crippen molar-refractivity contribution in [2.24, 2.45) is 0 Å². The van der Waals surface area contributed by atoms with E-state index in [2.05, 4.69) is 6.92 Å². The van der Waals surface area contributed by atoms with E-state index in [1.165, 1.54) is 12.8 Å². The van der Waals surface area contributed by atoms with Crippen LogP contribution in [0.5, 0.6) is 0 Å². The number of halogens is 1. The van der Waals surface area contributed by atoms with E-state index in [0.29, 0.717) is 5.02 Å². The van der Waals surface area contributed by atoms with Crippen molar-refractivity contribution in [2.45, 2.75) is 38.7 Å². The van der Waals surface area contributed by atoms with Gasteiger partial charge in [-0.05, 0) is 18.1 Å². The maximum Gasteiger partial charge on any atom is 0.0804 e. The van der Waals surface area contributed by atoms with Crippen molar-refractivity contribution in [3.05, 3.63) is 34.9 Å². The number of aliphatic hydroxyl groups is 1. The molecule has 1 N–H and O–H groups in total. The molecule has 0 aliphatic heterocycles. The van der Waals surface area contributed by atoms with Crippen molar-refractivity contribution in [3.63, 3.8) is 0 Å². The lowest BCUT2D eigenvalue weighted by molar-refractivity contribution is 0.163. The molecular formula is C12H17ClO. The first-order valence-electron chi connectivity index (χ1n) is 5.18. The van der Waals surface area contributed by atoms with Crippen molar-refractivity contribution < 1.29 is 5.11 Å². The van der Waals surface area contributed by atoms with Crippen LogP contribution < -0.4 is 0 Å². The van der Waals surface area contributed by atoms with Crippen LogP contribution in [-0.2, 0) is 0 Å². The SMILES string of the molecule is CCCCC[C@@H](O)c1ccccc1Cl. The second-order valence-electron chi connectivity index (χ2n) is 3.53. The maximum atomic E-state index is 9.84. The van der Waals surface area contributed by atoms with Crippen LogP contribution >= 0.6 is 11.6 Å². The molecule has 1 aromatic rings. The van der Waals surface area contributed by atoms with Gasteiger partial charge in [-0.2, -0.15) is 0 Å². The van der Waals surface area contributed by atoms with Gasteiger partial charge in [0, 0.05) is 5.02 Å². The molecule has 14 heavy (non-hydrogen) atoms. The van der Waals surface area contributed by atoms with Crippen molar-refractivity contribution in [1.29, 1.82) is 0 Å². The van der Waals surface area contributed by atoms with Gasteiger partial charge in [-0.25, -0.2) is 0 Å². The number of rotatable bonds is 5. The van der Waals surface area contributed by atoms with E-state index in [-0.39, 0.29) is 0 Å². The molecule has 0 heterocycles. The van der Waals surface area contributed by atoms with Crippen LogP contribution in [0, 0.1) is 0 Å². The van der Waals surface area contributed by atoms with Gasteiger partial charge in [0.05, 0.1) is 6.10 Å². The molecule has 0 aliphatic carbocycles. The summed E-state index contributed by atoms with van der Waals surface area (Å²) in [6.45, 7) is 2.15. The van der Waals surface area contributed by atoms with Gasteiger partial charge in [0.2, 0.25) is 0 Å². The molecule has 0 amide bonds. The Morgan fingerprint density at radius 1 is 1.29 bits per heavy atom. The van der Waals surface area contributed by atoms with Gasteiger partial charge in [-0.3, -0.25) is 0 Å². The first-order chi connectivity index (χ1) is 6.75. The zero-order chi connectivity index (χ0) is 10.4. The third kappa shape index (κ3) is 3.32.